The van der Waals surface area contributed by atoms with Gasteiger partial charge in [0.25, 0.3) is 0 Å². The van der Waals surface area contributed by atoms with E-state index in [1.165, 1.54) is 0 Å². The highest BCUT2D eigenvalue weighted by Gasteiger charge is 2.71. The van der Waals surface area contributed by atoms with Crippen LogP contribution >= 0.6 is 0 Å². The van der Waals surface area contributed by atoms with Crippen molar-refractivity contribution >= 4 is 70.4 Å². The van der Waals surface area contributed by atoms with Crippen LogP contribution < -0.4 is 11.5 Å². The molecule has 0 aromatic rings. The second-order valence-corrected chi connectivity index (χ2v) is 54.9. The molecule has 26 nitrogen and oxygen atoms in total. The van der Waals surface area contributed by atoms with Crippen LogP contribution in [0.25, 0.3) is 0 Å². The predicted octanol–water partition coefficient (Wildman–Crippen LogP) is 7.76. The second-order valence-electron chi connectivity index (χ2n) is 26.6. The maximum Gasteiger partial charge on any atom is 0.477 e. The molecule has 0 aliphatic carbocycles. The molecule has 0 rings (SSSR count). The molecule has 0 radical (unpaired) electrons. The zero-order chi connectivity index (χ0) is 78.6. The summed E-state index contributed by atoms with van der Waals surface area (Å²) in [6, 6.07) is 1.29. The smallest absolute Gasteiger partial charge is 0.379 e. The fraction of sp³-hybridized carbons (Fsp3) is 1.00. The number of rotatable bonds is 61. The molecule has 0 atom stereocenters. The van der Waals surface area contributed by atoms with Gasteiger partial charge in [-0.2, -0.15) is 0 Å². The Morgan fingerprint density at radius 2 is 0.304 bits per heavy atom. The molecule has 0 bridgehead atoms. The van der Waals surface area contributed by atoms with Crippen molar-refractivity contribution in [2.24, 2.45) is 11.5 Å². The summed E-state index contributed by atoms with van der Waals surface area (Å²) in [6.45, 7) is 79.4. The summed E-state index contributed by atoms with van der Waals surface area (Å²) in [6.07, 6.45) is 1.51. The number of hydrogen-bond acceptors (Lipinski definition) is 26. The van der Waals surface area contributed by atoms with Crippen LogP contribution in [0.5, 0.6) is 0 Å². The molecule has 0 unspecified atom stereocenters. The molecule has 4 N–H and O–H groups in total. The van der Waals surface area contributed by atoms with E-state index in [-0.39, 0.29) is 7.43 Å². The summed E-state index contributed by atoms with van der Waals surface area (Å²) >= 11 is 0. The van der Waals surface area contributed by atoms with Crippen LogP contribution in [0.4, 0.5) is 0 Å². The number of hydrogen-bond donors (Lipinski definition) is 2. The Bertz CT molecular complexity index is 1800. The van der Waals surface area contributed by atoms with Crippen LogP contribution in [0.3, 0.4) is 0 Å². The Balaban J connectivity index is -0.00000192. The van der Waals surface area contributed by atoms with Crippen molar-refractivity contribution < 1.29 is 24.7 Å². The van der Waals surface area contributed by atoms with Crippen LogP contribution in [0.15, 0.2) is 0 Å². The topological polar surface area (TPSA) is 166 Å². The van der Waals surface area contributed by atoms with Gasteiger partial charge in [-0.15, -0.1) is 0 Å². The van der Waals surface area contributed by atoms with Crippen molar-refractivity contribution in [3.63, 3.8) is 0 Å². The van der Waals surface area contributed by atoms with Crippen LogP contribution in [0, 0.1) is 0 Å². The average molecular weight is 1600 g/mol. The summed E-state index contributed by atoms with van der Waals surface area (Å²) < 4.78 is 95.6. The Morgan fingerprint density at radius 1 is 0.186 bits per heavy atom. The second kappa shape index (κ2) is 52.8. The molecule has 0 saturated heterocycles. The molecule has 0 aliphatic rings. The van der Waals surface area contributed by atoms with Crippen molar-refractivity contribution in [1.29, 1.82) is 0 Å². The molecule has 34 heteroatoms. The van der Waals surface area contributed by atoms with Gasteiger partial charge in [0.2, 0.25) is 0 Å². The zero-order valence-electron chi connectivity index (χ0n) is 73.6. The summed E-state index contributed by atoms with van der Waals surface area (Å²) in [5.74, 6) is 0. The van der Waals surface area contributed by atoms with Gasteiger partial charge in [-0.3, -0.25) is 82.2 Å². The van der Waals surface area contributed by atoms with Gasteiger partial charge in [0.05, 0.1) is 0 Å². The number of nitrogens with zero attached hydrogens (tertiary/aromatic N) is 18. The first-order chi connectivity index (χ1) is 47.8. The third kappa shape index (κ3) is 23.9. The van der Waals surface area contributed by atoms with Crippen LogP contribution in [0.2, 0.25) is 12.1 Å². The van der Waals surface area contributed by atoms with E-state index in [1.807, 2.05) is 0 Å². The quantitative estimate of drug-likeness (QED) is 0.0567. The van der Waals surface area contributed by atoms with Gasteiger partial charge in [-0.1, -0.05) is 181 Å². The van der Waals surface area contributed by atoms with Crippen LogP contribution in [0.1, 0.15) is 193 Å². The van der Waals surface area contributed by atoms with Gasteiger partial charge in [0.1, 0.15) is 0 Å². The van der Waals surface area contributed by atoms with E-state index < -0.39 is 70.4 Å². The summed E-state index contributed by atoms with van der Waals surface area (Å²) in [5, 5.41) is 0. The van der Waals surface area contributed by atoms with Crippen molar-refractivity contribution in [1.82, 2.24) is 82.2 Å². The minimum Gasteiger partial charge on any atom is -0.379 e. The molecule has 0 saturated carbocycles. The lowest BCUT2D eigenvalue weighted by molar-refractivity contribution is 0.0793. The highest BCUT2D eigenvalue weighted by molar-refractivity contribution is 6.89. The molecule has 0 aromatic carbocycles. The number of nitrogens with two attached hydrogens (primary N) is 2. The molecular weight excluding hydrogens is 1420 g/mol. The lowest BCUT2D eigenvalue weighted by Crippen LogP contribution is -2.87. The molecule has 0 heterocycles. The molecular formula is C68H178N20O6Si8. The fourth-order valence-corrected chi connectivity index (χ4v) is 61.9. The largest absolute Gasteiger partial charge is 0.477 e. The van der Waals surface area contributed by atoms with Crippen molar-refractivity contribution in [3.05, 3.63) is 0 Å². The Hall–Kier alpha value is 0.695. The Kier molecular flexibility index (Phi) is 55.4. The molecule has 618 valence electrons. The van der Waals surface area contributed by atoms with Gasteiger partial charge in [-0.05, 0) is 267 Å². The van der Waals surface area contributed by atoms with E-state index in [1.54, 1.807) is 0 Å². The first kappa shape index (κ1) is 107. The Morgan fingerprint density at radius 3 is 0.431 bits per heavy atom. The monoisotopic (exact) mass is 1600 g/mol. The zero-order valence-corrected chi connectivity index (χ0v) is 81.6. The molecule has 102 heavy (non-hydrogen) atoms. The Labute approximate surface area is 644 Å². The van der Waals surface area contributed by atoms with Gasteiger partial charge < -0.3 is 36.2 Å². The summed E-state index contributed by atoms with van der Waals surface area (Å²) in [5.41, 5.74) is 13.0. The highest BCUT2D eigenvalue weighted by Crippen LogP contribution is 2.41. The van der Waals surface area contributed by atoms with Crippen LogP contribution in [-0.2, 0) is 24.7 Å². The van der Waals surface area contributed by atoms with Crippen LogP contribution in [-0.4, -0.2) is 407 Å². The SMILES string of the molecule is C.CCN(C)[Si](O[Si](CCCN)(O[Si](N(C)CC)(N(C)CC)N(C)CC)O[Si](N(C)CC)(N(C)CC)N(C)CC)(N(C)CC)N(C)CC.CCN(C)[Si](O[Si](CCCN)(O[Si](N(C)CC)(N(CC)CC)N(CC)CC)O[Si](N(CC)CC)(N(CC)CC)N(CC)CC)(N(CC)CC)N(CC)CC. The van der Waals surface area contributed by atoms with Crippen molar-refractivity contribution in [2.45, 2.75) is 205 Å². The van der Waals surface area contributed by atoms with E-state index in [9.17, 15) is 0 Å². The van der Waals surface area contributed by atoms with E-state index >= 15 is 0 Å². The van der Waals surface area contributed by atoms with E-state index in [0.29, 0.717) is 25.2 Å². The molecule has 0 fully saturated rings. The minimum atomic E-state index is -3.82. The molecule has 0 amide bonds. The predicted molar refractivity (Wildman–Crippen MR) is 458 cm³/mol. The fourth-order valence-electron chi connectivity index (χ4n) is 14.9. The normalized spacial score (nSPS) is 14.0. The lowest BCUT2D eigenvalue weighted by Gasteiger charge is -2.60. The van der Waals surface area contributed by atoms with Gasteiger partial charge in [0, 0.05) is 12.1 Å². The third-order valence-electron chi connectivity index (χ3n) is 22.0. The highest BCUT2D eigenvalue weighted by atomic mass is 28.5. The van der Waals surface area contributed by atoms with Gasteiger partial charge in [0.15, 0.2) is 0 Å². The maximum atomic E-state index is 8.58. The first-order valence-corrected chi connectivity index (χ1v) is 54.9. The van der Waals surface area contributed by atoms with E-state index in [2.05, 4.69) is 333 Å². The van der Waals surface area contributed by atoms with Crippen molar-refractivity contribution in [3.8, 4) is 0 Å². The van der Waals surface area contributed by atoms with Crippen molar-refractivity contribution in [2.75, 3.05) is 254 Å². The summed E-state index contributed by atoms with van der Waals surface area (Å²) in [4.78, 5) is 0. The van der Waals surface area contributed by atoms with Gasteiger partial charge >= 0.3 is 70.4 Å². The minimum absolute atomic E-state index is 0. The average Bonchev–Trinajstić information content (AvgIpc) is 0.729. The summed E-state index contributed by atoms with van der Waals surface area (Å²) in [7, 11) is -1.70. The maximum absolute atomic E-state index is 8.58. The molecule has 0 spiro atoms. The third-order valence-corrected chi connectivity index (χ3v) is 62.6. The molecule has 0 aliphatic heterocycles. The first-order valence-electron chi connectivity index (χ1n) is 40.5. The van der Waals surface area contributed by atoms with E-state index in [0.717, 1.165) is 176 Å². The molecule has 0 aromatic heterocycles. The lowest BCUT2D eigenvalue weighted by atomic mass is 10.5. The van der Waals surface area contributed by atoms with E-state index in [4.69, 9.17) is 36.2 Å². The van der Waals surface area contributed by atoms with Gasteiger partial charge in [-0.25, -0.2) is 0 Å². The standard InChI is InChI=1S/C37H94N10O3Si4.C30H80N10O3Si4.CH4/c1-19-39(17)52(41(21-3)22-4,42(23-5)24-6)48-51(37-35-36-38,49-53(40(18)20-2,43(25-7)26-8)44(27-9)28-10)50-54(45(29-11)30-12,46(31-13)32-14)47(33-15)34-16;1-19-32(10)45(33(11)20-2,34(12)21-3)41-44(30-28-29-31,42-46(35(13)22-4,36(14)23-5)37(15)24-6)43-47(38(16)25-7,39(17)26-8)40(18)27-9;/h19-38H2,1-18H3;19-31H2,1-18H3;1H4.